The molecule has 0 heteroatoms. The Morgan fingerprint density at radius 2 is 0.417 bits per heavy atom. The zero-order valence-electron chi connectivity index (χ0n) is 47.4. The quantitative estimate of drug-likeness (QED) is 0.146. The van der Waals surface area contributed by atoms with Crippen molar-refractivity contribution in [2.75, 3.05) is 0 Å². The van der Waals surface area contributed by atoms with Crippen molar-refractivity contribution >= 4 is 86.2 Å². The lowest BCUT2D eigenvalue weighted by atomic mass is 9.83. The molecule has 0 atom stereocenters. The fourth-order valence-corrected chi connectivity index (χ4v) is 13.1. The monoisotopic (exact) mass is 1070 g/mol. The smallest absolute Gasteiger partial charge is 0.00259 e. The van der Waals surface area contributed by atoms with E-state index in [9.17, 15) is 0 Å². The first-order valence-electron chi connectivity index (χ1n) is 29.4. The van der Waals surface area contributed by atoms with E-state index in [1.54, 1.807) is 0 Å². The van der Waals surface area contributed by atoms with Crippen molar-refractivity contribution in [3.8, 4) is 66.8 Å². The first kappa shape index (κ1) is 50.6. The highest BCUT2D eigenvalue weighted by molar-refractivity contribution is 6.24. The zero-order valence-corrected chi connectivity index (χ0v) is 47.4. The molecule has 0 aliphatic carbocycles. The van der Waals surface area contributed by atoms with Crippen LogP contribution in [0.4, 0.5) is 0 Å². The summed E-state index contributed by atoms with van der Waals surface area (Å²) >= 11 is 0. The van der Waals surface area contributed by atoms with Crippen LogP contribution in [0.1, 0.15) is 26.3 Å². The zero-order chi connectivity index (χ0) is 56.3. The normalized spacial score (nSPS) is 11.8. The standard InChI is InChI=1S/C44H34.C40H26/c1-44(2,3)37-23-20-31(21-24-37)34-22-25-40-41(28-34)43(36-19-17-30-11-5-7-13-33(30)27-36)39-15-9-8-14-38(39)42(40)35-18-16-29-10-4-6-12-32(29)26-35;1-2-10-27(11-3-1)32-22-23-37-38(26-32)40(34-21-19-29-13-5-7-15-31(29)25-34)36-17-9-8-16-35(36)39(37)33-20-18-28-12-4-6-14-30(28)24-33/h4-28H,1-3H3;1-26H. The van der Waals surface area contributed by atoms with E-state index in [0.29, 0.717) is 0 Å². The summed E-state index contributed by atoms with van der Waals surface area (Å²) in [5.41, 5.74) is 16.6. The molecule has 16 aromatic carbocycles. The fraction of sp³-hybridized carbons (Fsp3) is 0.0476. The number of hydrogen-bond acceptors (Lipinski definition) is 0. The molecule has 0 aromatic heterocycles. The van der Waals surface area contributed by atoms with Crippen LogP contribution in [0, 0.1) is 0 Å². The highest BCUT2D eigenvalue weighted by Crippen LogP contribution is 2.48. The van der Waals surface area contributed by atoms with E-state index in [1.807, 2.05) is 0 Å². The molecule has 16 aromatic rings. The van der Waals surface area contributed by atoms with Gasteiger partial charge in [-0.25, -0.2) is 0 Å². The van der Waals surface area contributed by atoms with Crippen LogP contribution < -0.4 is 0 Å². The van der Waals surface area contributed by atoms with Crippen molar-refractivity contribution in [1.29, 1.82) is 0 Å². The Balaban J connectivity index is 0.000000144. The molecule has 0 saturated heterocycles. The van der Waals surface area contributed by atoms with E-state index in [2.05, 4.69) is 330 Å². The molecule has 0 radical (unpaired) electrons. The van der Waals surface area contributed by atoms with Gasteiger partial charge in [0.2, 0.25) is 0 Å². The first-order valence-corrected chi connectivity index (χ1v) is 29.4. The van der Waals surface area contributed by atoms with Gasteiger partial charge in [-0.05, 0) is 200 Å². The van der Waals surface area contributed by atoms with E-state index >= 15 is 0 Å². The van der Waals surface area contributed by atoms with Crippen LogP contribution in [-0.4, -0.2) is 0 Å². The molecule has 0 unspecified atom stereocenters. The summed E-state index contributed by atoms with van der Waals surface area (Å²) in [5.74, 6) is 0. The average molecular weight is 1070 g/mol. The van der Waals surface area contributed by atoms with Gasteiger partial charge in [-0.2, -0.15) is 0 Å². The van der Waals surface area contributed by atoms with E-state index in [-0.39, 0.29) is 5.41 Å². The summed E-state index contributed by atoms with van der Waals surface area (Å²) < 4.78 is 0. The van der Waals surface area contributed by atoms with Crippen molar-refractivity contribution < 1.29 is 0 Å². The molecule has 0 amide bonds. The van der Waals surface area contributed by atoms with Gasteiger partial charge in [0.25, 0.3) is 0 Å². The van der Waals surface area contributed by atoms with Gasteiger partial charge in [-0.1, -0.05) is 294 Å². The lowest BCUT2D eigenvalue weighted by Gasteiger charge is -2.20. The van der Waals surface area contributed by atoms with Crippen molar-refractivity contribution in [2.24, 2.45) is 0 Å². The van der Waals surface area contributed by atoms with Crippen LogP contribution in [0.15, 0.2) is 309 Å². The summed E-state index contributed by atoms with van der Waals surface area (Å²) in [5, 5.41) is 20.3. The Hall–Kier alpha value is -10.4. The average Bonchev–Trinajstić information content (AvgIpc) is 1.29. The molecule has 396 valence electrons. The molecule has 84 heavy (non-hydrogen) atoms. The number of rotatable bonds is 6. The largest absolute Gasteiger partial charge is 0.0622 e. The molecule has 0 fully saturated rings. The summed E-state index contributed by atoms with van der Waals surface area (Å²) in [6.45, 7) is 6.81. The van der Waals surface area contributed by atoms with Crippen LogP contribution in [-0.2, 0) is 5.41 Å². The van der Waals surface area contributed by atoms with Gasteiger partial charge < -0.3 is 0 Å². The van der Waals surface area contributed by atoms with Crippen molar-refractivity contribution in [3.05, 3.63) is 315 Å². The first-order chi connectivity index (χ1) is 41.3. The molecule has 0 saturated carbocycles. The second-order valence-electron chi connectivity index (χ2n) is 23.6. The molecule has 16 rings (SSSR count). The number of fused-ring (bicyclic) bond motifs is 8. The van der Waals surface area contributed by atoms with E-state index < -0.39 is 0 Å². The van der Waals surface area contributed by atoms with Gasteiger partial charge >= 0.3 is 0 Å². The fourth-order valence-electron chi connectivity index (χ4n) is 13.1. The van der Waals surface area contributed by atoms with Gasteiger partial charge in [-0.15, -0.1) is 0 Å². The van der Waals surface area contributed by atoms with Gasteiger partial charge in [0.1, 0.15) is 0 Å². The predicted molar refractivity (Wildman–Crippen MR) is 364 cm³/mol. The Morgan fingerprint density at radius 1 is 0.167 bits per heavy atom. The third-order valence-electron chi connectivity index (χ3n) is 17.4. The van der Waals surface area contributed by atoms with Crippen LogP contribution in [0.3, 0.4) is 0 Å². The molecular weight excluding hydrogens is 1010 g/mol. The van der Waals surface area contributed by atoms with Crippen molar-refractivity contribution in [2.45, 2.75) is 26.2 Å². The highest BCUT2D eigenvalue weighted by atomic mass is 14.2. The molecule has 0 heterocycles. The lowest BCUT2D eigenvalue weighted by Crippen LogP contribution is -2.10. The van der Waals surface area contributed by atoms with E-state index in [0.717, 1.165) is 0 Å². The van der Waals surface area contributed by atoms with Crippen LogP contribution >= 0.6 is 0 Å². The van der Waals surface area contributed by atoms with E-state index in [4.69, 9.17) is 0 Å². The summed E-state index contributed by atoms with van der Waals surface area (Å²) in [6, 6.07) is 114. The maximum absolute atomic E-state index is 2.42. The second kappa shape index (κ2) is 20.9. The molecule has 0 spiro atoms. The third kappa shape index (κ3) is 9.14. The maximum atomic E-state index is 2.42. The van der Waals surface area contributed by atoms with Crippen LogP contribution in [0.25, 0.3) is 153 Å². The molecule has 0 aliphatic rings. The second-order valence-corrected chi connectivity index (χ2v) is 23.6. The minimum absolute atomic E-state index is 0.124. The lowest BCUT2D eigenvalue weighted by molar-refractivity contribution is 0.590. The Kier molecular flexibility index (Phi) is 12.5. The van der Waals surface area contributed by atoms with Gasteiger partial charge in [0, 0.05) is 0 Å². The molecule has 0 aliphatic heterocycles. The Labute approximate surface area is 491 Å². The Morgan fingerprint density at radius 3 is 0.750 bits per heavy atom. The number of benzene rings is 16. The minimum atomic E-state index is 0.124. The maximum Gasteiger partial charge on any atom is -0.00259 e. The molecular formula is C84H60. The van der Waals surface area contributed by atoms with Gasteiger partial charge in [-0.3, -0.25) is 0 Å². The summed E-state index contributed by atoms with van der Waals surface area (Å²) in [4.78, 5) is 0. The SMILES string of the molecule is CC(C)(C)c1ccc(-c2ccc3c(-c4ccc5ccccc5c4)c4ccccc4c(-c4ccc5ccccc5c4)c3c2)cc1.c1ccc(-c2ccc3c(-c4ccc5ccccc5c4)c4ccccc4c(-c4ccc5ccccc5c4)c3c2)cc1. The third-order valence-corrected chi connectivity index (χ3v) is 17.4. The molecule has 0 N–H and O–H groups in total. The minimum Gasteiger partial charge on any atom is -0.0622 e. The summed E-state index contributed by atoms with van der Waals surface area (Å²) in [6.07, 6.45) is 0. The molecule has 0 nitrogen and oxygen atoms in total. The number of hydrogen-bond donors (Lipinski definition) is 0. The highest BCUT2D eigenvalue weighted by Gasteiger charge is 2.21. The van der Waals surface area contributed by atoms with Gasteiger partial charge in [0.15, 0.2) is 0 Å². The predicted octanol–water partition coefficient (Wildman–Crippen LogP) is 23.9. The topological polar surface area (TPSA) is 0 Å². The van der Waals surface area contributed by atoms with Gasteiger partial charge in [0.05, 0.1) is 0 Å². The van der Waals surface area contributed by atoms with Crippen LogP contribution in [0.2, 0.25) is 0 Å². The van der Waals surface area contributed by atoms with Crippen LogP contribution in [0.5, 0.6) is 0 Å². The van der Waals surface area contributed by atoms with Crippen molar-refractivity contribution in [3.63, 3.8) is 0 Å². The van der Waals surface area contributed by atoms with Crippen molar-refractivity contribution in [1.82, 2.24) is 0 Å². The summed E-state index contributed by atoms with van der Waals surface area (Å²) in [7, 11) is 0. The Bertz CT molecular complexity index is 5210. The molecule has 0 bridgehead atoms. The van der Waals surface area contributed by atoms with E-state index in [1.165, 1.54) is 159 Å².